The van der Waals surface area contributed by atoms with Crippen molar-refractivity contribution in [2.45, 2.75) is 245 Å². The quantitative estimate of drug-likeness (QED) is 0.0564. The standard InChI is InChI=1S/C24H48N2O2.C18H37NO/c1-2-3-4-5-6-7-8-9-10-11-12-15-18-21-24(28)26-22-19-16-13-14-17-20-23(25)27;1-2-3-4-5-6-7-8-9-10-11-12-13-14-15-16-17-18(19)20/h2-22H2,1H3,(H2,25,27)(H,26,28);2-17H2,1H3,(H2,19,20). The number of rotatable bonds is 38. The Morgan fingerprint density at radius 1 is 0.333 bits per heavy atom. The zero-order valence-electron chi connectivity index (χ0n) is 32.5. The van der Waals surface area contributed by atoms with Gasteiger partial charge in [0.25, 0.3) is 0 Å². The first-order valence-electron chi connectivity index (χ1n) is 21.3. The van der Waals surface area contributed by atoms with Crippen LogP contribution in [0, 0.1) is 0 Å². The number of primary amides is 2. The molecule has 0 aromatic heterocycles. The van der Waals surface area contributed by atoms with Gasteiger partial charge in [0.05, 0.1) is 0 Å². The highest BCUT2D eigenvalue weighted by molar-refractivity contribution is 5.75. The lowest BCUT2D eigenvalue weighted by molar-refractivity contribution is -0.121. The van der Waals surface area contributed by atoms with Gasteiger partial charge >= 0.3 is 0 Å². The topological polar surface area (TPSA) is 115 Å². The van der Waals surface area contributed by atoms with Gasteiger partial charge in [-0.15, -0.1) is 0 Å². The van der Waals surface area contributed by atoms with Gasteiger partial charge in [0.1, 0.15) is 0 Å². The number of unbranched alkanes of at least 4 members (excludes halogenated alkanes) is 30. The molecule has 0 fully saturated rings. The van der Waals surface area contributed by atoms with Crippen molar-refractivity contribution in [1.29, 1.82) is 0 Å². The molecule has 0 rings (SSSR count). The Morgan fingerprint density at radius 2 is 0.562 bits per heavy atom. The van der Waals surface area contributed by atoms with Gasteiger partial charge in [0.15, 0.2) is 0 Å². The molecule has 5 N–H and O–H groups in total. The van der Waals surface area contributed by atoms with Crippen molar-refractivity contribution in [3.8, 4) is 0 Å². The van der Waals surface area contributed by atoms with E-state index in [2.05, 4.69) is 19.2 Å². The molecule has 0 spiro atoms. The Hall–Kier alpha value is -1.59. The molecule has 0 unspecified atom stereocenters. The summed E-state index contributed by atoms with van der Waals surface area (Å²) in [6.45, 7) is 5.33. The summed E-state index contributed by atoms with van der Waals surface area (Å²) in [6.07, 6.45) is 44.6. The molecule has 0 aromatic carbocycles. The summed E-state index contributed by atoms with van der Waals surface area (Å²) in [5.74, 6) is -0.156. The van der Waals surface area contributed by atoms with Crippen molar-refractivity contribution in [3.05, 3.63) is 0 Å². The molecular weight excluding hydrogens is 594 g/mol. The highest BCUT2D eigenvalue weighted by Crippen LogP contribution is 2.15. The second-order valence-electron chi connectivity index (χ2n) is 14.5. The summed E-state index contributed by atoms with van der Waals surface area (Å²) in [5.41, 5.74) is 10.2. The molecule has 0 aromatic rings. The second kappa shape index (κ2) is 43.4. The van der Waals surface area contributed by atoms with Gasteiger partial charge in [0.2, 0.25) is 17.7 Å². The van der Waals surface area contributed by atoms with Crippen molar-refractivity contribution in [2.24, 2.45) is 11.5 Å². The van der Waals surface area contributed by atoms with E-state index in [0.29, 0.717) is 19.3 Å². The molecule has 3 amide bonds. The van der Waals surface area contributed by atoms with E-state index >= 15 is 0 Å². The van der Waals surface area contributed by atoms with E-state index < -0.39 is 0 Å². The van der Waals surface area contributed by atoms with Crippen LogP contribution in [0.4, 0.5) is 0 Å². The predicted octanol–water partition coefficient (Wildman–Crippen LogP) is 12.1. The van der Waals surface area contributed by atoms with Gasteiger partial charge < -0.3 is 16.8 Å². The average Bonchev–Trinajstić information content (AvgIpc) is 3.06. The van der Waals surface area contributed by atoms with Crippen molar-refractivity contribution >= 4 is 17.7 Å². The average molecular weight is 680 g/mol. The molecule has 0 radical (unpaired) electrons. The molecule has 0 aliphatic heterocycles. The number of amides is 3. The molecule has 0 saturated heterocycles. The molecule has 0 aliphatic rings. The molecule has 0 saturated carbocycles. The van der Waals surface area contributed by atoms with Gasteiger partial charge in [-0.2, -0.15) is 0 Å². The summed E-state index contributed by atoms with van der Waals surface area (Å²) < 4.78 is 0. The minimum absolute atomic E-state index is 0.153. The summed E-state index contributed by atoms with van der Waals surface area (Å²) in [5, 5.41) is 3.02. The fourth-order valence-corrected chi connectivity index (χ4v) is 6.24. The zero-order chi connectivity index (χ0) is 35.6. The lowest BCUT2D eigenvalue weighted by Crippen LogP contribution is -2.23. The van der Waals surface area contributed by atoms with Crippen LogP contribution in [-0.2, 0) is 14.4 Å². The maximum absolute atomic E-state index is 11.8. The molecular formula is C42H85N3O3. The van der Waals surface area contributed by atoms with Crippen LogP contribution in [-0.4, -0.2) is 24.3 Å². The minimum atomic E-state index is -0.208. The zero-order valence-corrected chi connectivity index (χ0v) is 32.5. The molecule has 6 nitrogen and oxygen atoms in total. The molecule has 0 heterocycles. The van der Waals surface area contributed by atoms with Crippen LogP contribution >= 0.6 is 0 Å². The summed E-state index contributed by atoms with van der Waals surface area (Å²) in [6, 6.07) is 0. The molecule has 0 aliphatic carbocycles. The Kier molecular flexibility index (Phi) is 43.9. The summed E-state index contributed by atoms with van der Waals surface area (Å²) >= 11 is 0. The molecule has 6 heteroatoms. The number of hydrogen-bond donors (Lipinski definition) is 3. The summed E-state index contributed by atoms with van der Waals surface area (Å²) in [4.78, 5) is 33.0. The number of hydrogen-bond acceptors (Lipinski definition) is 3. The SMILES string of the molecule is CCCCCCCCCCCCCCCC(=O)NCCCCCCCC(N)=O.CCCCCCCCCCCCCCCCCC(N)=O. The fourth-order valence-electron chi connectivity index (χ4n) is 6.24. The Bertz CT molecular complexity index is 671. The van der Waals surface area contributed by atoms with Crippen LogP contribution in [0.2, 0.25) is 0 Å². The van der Waals surface area contributed by atoms with Crippen LogP contribution in [0.5, 0.6) is 0 Å². The maximum Gasteiger partial charge on any atom is 0.219 e. The second-order valence-corrected chi connectivity index (χ2v) is 14.5. The summed E-state index contributed by atoms with van der Waals surface area (Å²) in [7, 11) is 0. The third-order valence-corrected chi connectivity index (χ3v) is 9.46. The van der Waals surface area contributed by atoms with E-state index in [1.165, 1.54) is 167 Å². The van der Waals surface area contributed by atoms with Crippen LogP contribution in [0.15, 0.2) is 0 Å². The lowest BCUT2D eigenvalue weighted by atomic mass is 10.0. The molecule has 0 bridgehead atoms. The maximum atomic E-state index is 11.8. The Morgan fingerprint density at radius 3 is 0.833 bits per heavy atom. The third kappa shape index (κ3) is 48.8. The van der Waals surface area contributed by atoms with Crippen LogP contribution in [0.25, 0.3) is 0 Å². The first kappa shape index (κ1) is 48.5. The largest absolute Gasteiger partial charge is 0.370 e. The normalized spacial score (nSPS) is 10.9. The van der Waals surface area contributed by atoms with E-state index in [0.717, 1.165) is 51.5 Å². The van der Waals surface area contributed by atoms with Gasteiger partial charge in [-0.1, -0.05) is 200 Å². The molecule has 286 valence electrons. The van der Waals surface area contributed by atoms with Gasteiger partial charge in [-0.3, -0.25) is 14.4 Å². The van der Waals surface area contributed by atoms with Crippen LogP contribution in [0.3, 0.4) is 0 Å². The Balaban J connectivity index is 0. The van der Waals surface area contributed by atoms with Crippen LogP contribution in [0.1, 0.15) is 245 Å². The number of carbonyl (C=O) groups excluding carboxylic acids is 3. The number of nitrogens with one attached hydrogen (secondary N) is 1. The van der Waals surface area contributed by atoms with E-state index in [9.17, 15) is 14.4 Å². The first-order valence-corrected chi connectivity index (χ1v) is 21.3. The smallest absolute Gasteiger partial charge is 0.219 e. The van der Waals surface area contributed by atoms with Gasteiger partial charge in [-0.25, -0.2) is 0 Å². The van der Waals surface area contributed by atoms with E-state index in [-0.39, 0.29) is 17.7 Å². The Labute approximate surface area is 299 Å². The van der Waals surface area contributed by atoms with Crippen molar-refractivity contribution in [1.82, 2.24) is 5.32 Å². The molecule has 48 heavy (non-hydrogen) atoms. The van der Waals surface area contributed by atoms with E-state index in [1.807, 2.05) is 0 Å². The van der Waals surface area contributed by atoms with Crippen molar-refractivity contribution in [2.75, 3.05) is 6.54 Å². The fraction of sp³-hybridized carbons (Fsp3) is 0.929. The first-order chi connectivity index (χ1) is 23.4. The monoisotopic (exact) mass is 680 g/mol. The highest BCUT2D eigenvalue weighted by atomic mass is 16.2. The van der Waals surface area contributed by atoms with E-state index in [4.69, 9.17) is 11.5 Å². The van der Waals surface area contributed by atoms with Gasteiger partial charge in [0, 0.05) is 25.8 Å². The van der Waals surface area contributed by atoms with Crippen molar-refractivity contribution in [3.63, 3.8) is 0 Å². The van der Waals surface area contributed by atoms with E-state index in [1.54, 1.807) is 0 Å². The predicted molar refractivity (Wildman–Crippen MR) is 209 cm³/mol. The minimum Gasteiger partial charge on any atom is -0.370 e. The van der Waals surface area contributed by atoms with Crippen LogP contribution < -0.4 is 16.8 Å². The lowest BCUT2D eigenvalue weighted by Gasteiger charge is -2.06. The third-order valence-electron chi connectivity index (χ3n) is 9.46. The number of nitrogens with two attached hydrogens (primary N) is 2. The molecule has 0 atom stereocenters. The van der Waals surface area contributed by atoms with Crippen molar-refractivity contribution < 1.29 is 14.4 Å². The van der Waals surface area contributed by atoms with Gasteiger partial charge in [-0.05, 0) is 25.7 Å². The highest BCUT2D eigenvalue weighted by Gasteiger charge is 2.01. The number of carbonyl (C=O) groups is 3.